The number of esters is 1. The Morgan fingerprint density at radius 3 is 2.67 bits per heavy atom. The Balaban J connectivity index is 3.23. The van der Waals surface area contributed by atoms with Crippen molar-refractivity contribution in [1.82, 2.24) is 0 Å². The largest absolute Gasteiger partial charge is 0.463 e. The van der Waals surface area contributed by atoms with Crippen molar-refractivity contribution < 1.29 is 24.2 Å². The van der Waals surface area contributed by atoms with Gasteiger partial charge in [0.1, 0.15) is 19.8 Å². The highest BCUT2D eigenvalue weighted by Gasteiger charge is 2.02. The third kappa shape index (κ3) is 9.79. The molecule has 0 saturated heterocycles. The lowest BCUT2D eigenvalue weighted by molar-refractivity contribution is -0.142. The molecule has 1 unspecified atom stereocenters. The van der Waals surface area contributed by atoms with E-state index in [-0.39, 0.29) is 31.6 Å². The van der Waals surface area contributed by atoms with E-state index in [1.54, 1.807) is 0 Å². The van der Waals surface area contributed by atoms with E-state index in [1.165, 1.54) is 0 Å². The molecular formula is C9H17O5P. The third-order valence-corrected chi connectivity index (χ3v) is 2.49. The van der Waals surface area contributed by atoms with Gasteiger partial charge in [0.2, 0.25) is 0 Å². The van der Waals surface area contributed by atoms with Crippen molar-refractivity contribution in [1.29, 1.82) is 0 Å². The molecular weight excluding hydrogens is 219 g/mol. The van der Waals surface area contributed by atoms with Gasteiger partial charge in [0.05, 0.1) is 12.8 Å². The minimum atomic E-state index is -0.516. The Kier molecular flexibility index (Phi) is 9.68. The molecule has 0 aliphatic rings. The van der Waals surface area contributed by atoms with E-state index in [1.807, 2.05) is 6.92 Å². The van der Waals surface area contributed by atoms with Gasteiger partial charge in [-0.3, -0.25) is 9.59 Å². The van der Waals surface area contributed by atoms with Crippen LogP contribution >= 0.6 is 8.58 Å². The van der Waals surface area contributed by atoms with Crippen LogP contribution < -0.4 is 0 Å². The number of rotatable bonds is 9. The molecule has 0 radical (unpaired) electrons. The minimum Gasteiger partial charge on any atom is -0.463 e. The van der Waals surface area contributed by atoms with Gasteiger partial charge in [-0.1, -0.05) is 6.92 Å². The highest BCUT2D eigenvalue weighted by atomic mass is 31.1. The first kappa shape index (κ1) is 14.5. The monoisotopic (exact) mass is 236 g/mol. The maximum Gasteiger partial charge on any atom is 0.309 e. The van der Waals surface area contributed by atoms with Gasteiger partial charge in [-0.2, -0.15) is 0 Å². The van der Waals surface area contributed by atoms with Gasteiger partial charge in [-0.25, -0.2) is 0 Å². The van der Waals surface area contributed by atoms with Crippen LogP contribution in [0, 0.1) is 0 Å². The zero-order valence-electron chi connectivity index (χ0n) is 8.82. The molecule has 88 valence electrons. The standard InChI is InChI=1S/C9H17O5P/c1-2-15-7-9(12)14-4-3-13-6-8(11)5-10/h10,15H,2-7H2,1H3. The van der Waals surface area contributed by atoms with Gasteiger partial charge in [0.15, 0.2) is 5.78 Å². The zero-order chi connectivity index (χ0) is 11.5. The summed E-state index contributed by atoms with van der Waals surface area (Å²) in [6.45, 7) is 1.70. The van der Waals surface area contributed by atoms with Crippen LogP contribution in [-0.4, -0.2) is 55.6 Å². The first-order chi connectivity index (χ1) is 7.20. The number of ether oxygens (including phenoxy) is 2. The fourth-order valence-corrected chi connectivity index (χ4v) is 1.28. The highest BCUT2D eigenvalue weighted by molar-refractivity contribution is 7.39. The number of carbonyl (C=O) groups excluding carboxylic acids is 2. The van der Waals surface area contributed by atoms with Crippen LogP contribution in [0.25, 0.3) is 0 Å². The smallest absolute Gasteiger partial charge is 0.309 e. The molecule has 1 atom stereocenters. The lowest BCUT2D eigenvalue weighted by Gasteiger charge is -2.04. The van der Waals surface area contributed by atoms with E-state index in [0.29, 0.717) is 14.7 Å². The van der Waals surface area contributed by atoms with Crippen molar-refractivity contribution >= 4 is 20.3 Å². The number of Topliss-reactive ketones (excluding diaryl/α,β-unsaturated/α-hetero) is 1. The molecule has 0 bridgehead atoms. The molecule has 0 amide bonds. The molecule has 0 aromatic carbocycles. The second kappa shape index (κ2) is 10.0. The number of carbonyl (C=O) groups is 2. The summed E-state index contributed by atoms with van der Waals surface area (Å²) in [5.74, 6) is -0.610. The van der Waals surface area contributed by atoms with Gasteiger partial charge in [-0.05, 0) is 6.16 Å². The number of aliphatic hydroxyl groups is 1. The fraction of sp³-hybridized carbons (Fsp3) is 0.778. The van der Waals surface area contributed by atoms with Crippen LogP contribution in [-0.2, 0) is 19.1 Å². The summed E-state index contributed by atoms with van der Waals surface area (Å²) in [7, 11) is 0.601. The number of ketones is 1. The normalized spacial score (nSPS) is 10.8. The summed E-state index contributed by atoms with van der Waals surface area (Å²) in [6.07, 6.45) is 1.43. The van der Waals surface area contributed by atoms with Gasteiger partial charge in [0.25, 0.3) is 0 Å². The summed E-state index contributed by atoms with van der Waals surface area (Å²) in [6, 6.07) is 0. The lowest BCUT2D eigenvalue weighted by atomic mass is 10.4. The predicted molar refractivity (Wildman–Crippen MR) is 57.6 cm³/mol. The first-order valence-corrected chi connectivity index (χ1v) is 6.18. The average molecular weight is 236 g/mol. The summed E-state index contributed by atoms with van der Waals surface area (Å²) in [5.41, 5.74) is 0. The summed E-state index contributed by atoms with van der Waals surface area (Å²) >= 11 is 0. The van der Waals surface area contributed by atoms with Crippen LogP contribution in [0.15, 0.2) is 0 Å². The van der Waals surface area contributed by atoms with Crippen molar-refractivity contribution in [3.05, 3.63) is 0 Å². The number of aliphatic hydroxyl groups excluding tert-OH is 1. The van der Waals surface area contributed by atoms with Crippen LogP contribution in [0.5, 0.6) is 0 Å². The minimum absolute atomic E-state index is 0.134. The van der Waals surface area contributed by atoms with Crippen LogP contribution in [0.2, 0.25) is 0 Å². The van der Waals surface area contributed by atoms with Crippen molar-refractivity contribution in [2.75, 3.05) is 38.8 Å². The molecule has 0 rings (SSSR count). The average Bonchev–Trinajstić information content (AvgIpc) is 2.25. The summed E-state index contributed by atoms with van der Waals surface area (Å²) in [5, 5.41) is 8.36. The van der Waals surface area contributed by atoms with E-state index >= 15 is 0 Å². The molecule has 0 spiro atoms. The van der Waals surface area contributed by atoms with E-state index in [4.69, 9.17) is 14.6 Å². The molecule has 15 heavy (non-hydrogen) atoms. The molecule has 0 aromatic rings. The number of hydrogen-bond donors (Lipinski definition) is 1. The molecule has 5 nitrogen and oxygen atoms in total. The van der Waals surface area contributed by atoms with Crippen molar-refractivity contribution in [3.63, 3.8) is 0 Å². The SMILES string of the molecule is CCPCC(=O)OCCOCC(=O)CO. The third-order valence-electron chi connectivity index (χ3n) is 1.45. The van der Waals surface area contributed by atoms with Crippen LogP contribution in [0.1, 0.15) is 6.92 Å². The summed E-state index contributed by atoms with van der Waals surface area (Å²) in [4.78, 5) is 21.5. The molecule has 0 aliphatic heterocycles. The molecule has 0 aliphatic carbocycles. The molecule has 1 N–H and O–H groups in total. The van der Waals surface area contributed by atoms with E-state index in [0.717, 1.165) is 6.16 Å². The van der Waals surface area contributed by atoms with Crippen molar-refractivity contribution in [3.8, 4) is 0 Å². The second-order valence-electron chi connectivity index (χ2n) is 2.75. The van der Waals surface area contributed by atoms with Gasteiger partial charge in [0, 0.05) is 0 Å². The van der Waals surface area contributed by atoms with E-state index in [9.17, 15) is 9.59 Å². The van der Waals surface area contributed by atoms with E-state index in [2.05, 4.69) is 0 Å². The Morgan fingerprint density at radius 1 is 1.33 bits per heavy atom. The maximum atomic E-state index is 11.0. The van der Waals surface area contributed by atoms with Gasteiger partial charge in [-0.15, -0.1) is 8.58 Å². The molecule has 6 heteroatoms. The van der Waals surface area contributed by atoms with Crippen LogP contribution in [0.4, 0.5) is 0 Å². The lowest BCUT2D eigenvalue weighted by Crippen LogP contribution is -2.17. The van der Waals surface area contributed by atoms with Gasteiger partial charge < -0.3 is 14.6 Å². The topological polar surface area (TPSA) is 72.8 Å². The van der Waals surface area contributed by atoms with Crippen molar-refractivity contribution in [2.24, 2.45) is 0 Å². The molecule has 0 fully saturated rings. The first-order valence-electron chi connectivity index (χ1n) is 4.77. The Hall–Kier alpha value is -0.510. The predicted octanol–water partition coefficient (Wildman–Crippen LogP) is -0.194. The Bertz CT molecular complexity index is 195. The second-order valence-corrected chi connectivity index (χ2v) is 4.31. The van der Waals surface area contributed by atoms with E-state index < -0.39 is 6.61 Å². The number of hydrogen-bond acceptors (Lipinski definition) is 5. The summed E-state index contributed by atoms with van der Waals surface area (Å²) < 4.78 is 9.69. The highest BCUT2D eigenvalue weighted by Crippen LogP contribution is 2.07. The zero-order valence-corrected chi connectivity index (χ0v) is 9.82. The Labute approximate surface area is 90.9 Å². The van der Waals surface area contributed by atoms with Crippen molar-refractivity contribution in [2.45, 2.75) is 6.92 Å². The molecule has 0 aromatic heterocycles. The van der Waals surface area contributed by atoms with Gasteiger partial charge >= 0.3 is 5.97 Å². The Morgan fingerprint density at radius 2 is 2.07 bits per heavy atom. The molecule has 0 heterocycles. The molecule has 0 saturated carbocycles. The fourth-order valence-electron chi connectivity index (χ4n) is 0.724. The quantitative estimate of drug-likeness (QED) is 0.341. The van der Waals surface area contributed by atoms with Crippen LogP contribution in [0.3, 0.4) is 0 Å². The maximum absolute atomic E-state index is 11.0.